The van der Waals surface area contributed by atoms with Gasteiger partial charge in [-0.25, -0.2) is 4.98 Å². The molecule has 0 atom stereocenters. The first-order valence-electron chi connectivity index (χ1n) is 15.0. The number of amides is 1. The summed E-state index contributed by atoms with van der Waals surface area (Å²) in [5.74, 6) is 2.76. The number of nitrogens with one attached hydrogen (secondary N) is 1. The van der Waals surface area contributed by atoms with Crippen molar-refractivity contribution in [1.29, 1.82) is 0 Å². The second kappa shape index (κ2) is 12.6. The number of rotatable bonds is 8. The summed E-state index contributed by atoms with van der Waals surface area (Å²) in [6.07, 6.45) is 8.44. The molecule has 7 heteroatoms. The largest absolute Gasteiger partial charge is 0.495 e. The van der Waals surface area contributed by atoms with E-state index in [0.717, 1.165) is 65.3 Å². The lowest BCUT2D eigenvalue weighted by Gasteiger charge is -2.39. The van der Waals surface area contributed by atoms with Crippen molar-refractivity contribution in [2.45, 2.75) is 75.7 Å². The molecular formula is C34H44N4O3. The zero-order valence-corrected chi connectivity index (χ0v) is 24.9. The lowest BCUT2D eigenvalue weighted by atomic mass is 9.67. The molecule has 1 aromatic carbocycles. The number of hydrogen-bond donors (Lipinski definition) is 2. The van der Waals surface area contributed by atoms with Crippen molar-refractivity contribution in [2.24, 2.45) is 5.92 Å². The second-order valence-electron chi connectivity index (χ2n) is 12.1. The molecule has 0 unspecified atom stereocenters. The van der Waals surface area contributed by atoms with Crippen molar-refractivity contribution in [2.75, 3.05) is 32.6 Å². The Labute approximate surface area is 244 Å². The lowest BCUT2D eigenvalue weighted by Crippen LogP contribution is -2.48. The SMILES string of the molecule is COc1ccc(C2CCC(CNC(=O)C3(c4cccc(-c5ccc(N(C)C)nc5)c4)CCC(O)CC3)CC2)nc1C. The van der Waals surface area contributed by atoms with E-state index in [1.807, 2.05) is 50.3 Å². The van der Waals surface area contributed by atoms with Crippen LogP contribution in [0.3, 0.4) is 0 Å². The summed E-state index contributed by atoms with van der Waals surface area (Å²) < 4.78 is 5.37. The van der Waals surface area contributed by atoms with Gasteiger partial charge in [0.25, 0.3) is 0 Å². The third-order valence-electron chi connectivity index (χ3n) is 9.29. The van der Waals surface area contributed by atoms with Crippen molar-refractivity contribution < 1.29 is 14.6 Å². The number of ether oxygens (including phenoxy) is 1. The number of aromatic nitrogens is 2. The number of aliphatic hydroxyl groups is 1. The maximum absolute atomic E-state index is 14.0. The Kier molecular flexibility index (Phi) is 8.93. The molecule has 0 aliphatic heterocycles. The number of anilines is 1. The first-order chi connectivity index (χ1) is 19.8. The van der Waals surface area contributed by atoms with E-state index in [-0.39, 0.29) is 12.0 Å². The van der Waals surface area contributed by atoms with Crippen molar-refractivity contribution in [1.82, 2.24) is 15.3 Å². The fourth-order valence-electron chi connectivity index (χ4n) is 6.64. The van der Waals surface area contributed by atoms with Crippen LogP contribution >= 0.6 is 0 Å². The highest BCUT2D eigenvalue weighted by molar-refractivity contribution is 5.89. The number of nitrogens with zero attached hydrogens (tertiary/aromatic N) is 3. The molecule has 41 heavy (non-hydrogen) atoms. The maximum Gasteiger partial charge on any atom is 0.230 e. The molecule has 5 rings (SSSR count). The molecular weight excluding hydrogens is 512 g/mol. The molecule has 1 amide bonds. The number of hydrogen-bond acceptors (Lipinski definition) is 6. The van der Waals surface area contributed by atoms with Gasteiger partial charge in [0.2, 0.25) is 5.91 Å². The standard InChI is InChI=1S/C34H44N4O3/c1-23-31(41-4)14-13-30(37-23)25-10-8-24(9-11-25)21-36-33(40)34(18-16-29(39)17-19-34)28-7-5-6-26(20-28)27-12-15-32(35-22-27)38(2)3/h5-7,12-15,20,22,24-25,29,39H,8-11,16-19,21H2,1-4H3,(H,36,40). The van der Waals surface area contributed by atoms with Gasteiger partial charge in [0.05, 0.1) is 24.3 Å². The second-order valence-corrected chi connectivity index (χ2v) is 12.1. The molecule has 2 aliphatic rings. The summed E-state index contributed by atoms with van der Waals surface area (Å²) in [4.78, 5) is 25.3. The van der Waals surface area contributed by atoms with E-state index in [0.29, 0.717) is 44.1 Å². The molecule has 0 bridgehead atoms. The average Bonchev–Trinajstić information content (AvgIpc) is 3.00. The first kappa shape index (κ1) is 29.1. The smallest absolute Gasteiger partial charge is 0.230 e. The van der Waals surface area contributed by atoms with Crippen LogP contribution in [0.25, 0.3) is 11.1 Å². The summed E-state index contributed by atoms with van der Waals surface area (Å²) in [5, 5.41) is 13.7. The fourth-order valence-corrected chi connectivity index (χ4v) is 6.64. The fraction of sp³-hybridized carbons (Fsp3) is 0.500. The molecule has 2 saturated carbocycles. The van der Waals surface area contributed by atoms with Gasteiger partial charge in [0.1, 0.15) is 11.6 Å². The minimum absolute atomic E-state index is 0.0946. The summed E-state index contributed by atoms with van der Waals surface area (Å²) >= 11 is 0. The van der Waals surface area contributed by atoms with E-state index in [1.165, 1.54) is 0 Å². The van der Waals surface area contributed by atoms with E-state index in [4.69, 9.17) is 9.72 Å². The zero-order chi connectivity index (χ0) is 29.0. The van der Waals surface area contributed by atoms with Crippen LogP contribution in [0, 0.1) is 12.8 Å². The summed E-state index contributed by atoms with van der Waals surface area (Å²) in [7, 11) is 5.64. The van der Waals surface area contributed by atoms with Gasteiger partial charge in [-0.05, 0) is 99.6 Å². The van der Waals surface area contributed by atoms with Gasteiger partial charge < -0.3 is 20.1 Å². The number of aliphatic hydroxyl groups excluding tert-OH is 1. The Hall–Kier alpha value is -3.45. The zero-order valence-electron chi connectivity index (χ0n) is 24.9. The van der Waals surface area contributed by atoms with Crippen LogP contribution in [0.1, 0.15) is 74.2 Å². The van der Waals surface area contributed by atoms with Gasteiger partial charge >= 0.3 is 0 Å². The van der Waals surface area contributed by atoms with Gasteiger partial charge in [-0.3, -0.25) is 9.78 Å². The Bertz CT molecular complexity index is 1320. The van der Waals surface area contributed by atoms with Crippen LogP contribution in [0.15, 0.2) is 54.7 Å². The third-order valence-corrected chi connectivity index (χ3v) is 9.29. The topological polar surface area (TPSA) is 87.6 Å². The maximum atomic E-state index is 14.0. The number of aryl methyl sites for hydroxylation is 1. The first-order valence-corrected chi connectivity index (χ1v) is 15.0. The highest BCUT2D eigenvalue weighted by Crippen LogP contribution is 2.42. The van der Waals surface area contributed by atoms with Crippen LogP contribution in [-0.2, 0) is 10.2 Å². The van der Waals surface area contributed by atoms with Crippen LogP contribution < -0.4 is 15.0 Å². The van der Waals surface area contributed by atoms with Crippen LogP contribution in [0.4, 0.5) is 5.82 Å². The molecule has 3 aromatic rings. The van der Waals surface area contributed by atoms with Gasteiger partial charge in [0.15, 0.2) is 0 Å². The Morgan fingerprint density at radius 3 is 2.41 bits per heavy atom. The number of carbonyl (C=O) groups excluding carboxylic acids is 1. The molecule has 0 saturated heterocycles. The molecule has 2 N–H and O–H groups in total. The van der Waals surface area contributed by atoms with E-state index in [2.05, 4.69) is 40.6 Å². The van der Waals surface area contributed by atoms with E-state index in [1.54, 1.807) is 7.11 Å². The molecule has 0 radical (unpaired) electrons. The van der Waals surface area contributed by atoms with E-state index in [9.17, 15) is 9.90 Å². The Morgan fingerprint density at radius 1 is 1.02 bits per heavy atom. The van der Waals surface area contributed by atoms with Gasteiger partial charge in [-0.2, -0.15) is 0 Å². The Balaban J connectivity index is 1.26. The lowest BCUT2D eigenvalue weighted by molar-refractivity contribution is -0.129. The number of pyridine rings is 2. The normalized spacial score (nSPS) is 24.5. The highest BCUT2D eigenvalue weighted by Gasteiger charge is 2.43. The molecule has 2 fully saturated rings. The van der Waals surface area contributed by atoms with Crippen LogP contribution in [-0.4, -0.2) is 54.8 Å². The van der Waals surface area contributed by atoms with Gasteiger partial charge in [-0.15, -0.1) is 0 Å². The average molecular weight is 557 g/mol. The van der Waals surface area contributed by atoms with Gasteiger partial charge in [-0.1, -0.05) is 24.3 Å². The predicted octanol–water partition coefficient (Wildman–Crippen LogP) is 5.79. The van der Waals surface area contributed by atoms with Crippen molar-refractivity contribution in [3.8, 4) is 16.9 Å². The van der Waals surface area contributed by atoms with E-state index >= 15 is 0 Å². The molecule has 218 valence electrons. The molecule has 2 aliphatic carbocycles. The van der Waals surface area contributed by atoms with Crippen LogP contribution in [0.2, 0.25) is 0 Å². The molecule has 0 spiro atoms. The van der Waals surface area contributed by atoms with Crippen molar-refractivity contribution >= 4 is 11.7 Å². The summed E-state index contributed by atoms with van der Waals surface area (Å²) in [6.45, 7) is 2.69. The molecule has 2 aromatic heterocycles. The minimum Gasteiger partial charge on any atom is -0.495 e. The predicted molar refractivity (Wildman–Crippen MR) is 163 cm³/mol. The quantitative estimate of drug-likeness (QED) is 0.365. The van der Waals surface area contributed by atoms with E-state index < -0.39 is 5.41 Å². The number of carbonyl (C=O) groups is 1. The number of benzene rings is 1. The summed E-state index contributed by atoms with van der Waals surface area (Å²) in [6, 6.07) is 16.6. The van der Waals surface area contributed by atoms with Crippen molar-refractivity contribution in [3.63, 3.8) is 0 Å². The number of methoxy groups -OCH3 is 1. The third kappa shape index (κ3) is 6.40. The Morgan fingerprint density at radius 2 is 1.78 bits per heavy atom. The van der Waals surface area contributed by atoms with Crippen LogP contribution in [0.5, 0.6) is 5.75 Å². The minimum atomic E-state index is -0.631. The highest BCUT2D eigenvalue weighted by atomic mass is 16.5. The van der Waals surface area contributed by atoms with Gasteiger partial charge in [0, 0.05) is 44.0 Å². The van der Waals surface area contributed by atoms with Crippen molar-refractivity contribution in [3.05, 3.63) is 71.7 Å². The summed E-state index contributed by atoms with van der Waals surface area (Å²) in [5.41, 5.74) is 4.57. The monoisotopic (exact) mass is 556 g/mol. The molecule has 2 heterocycles. The molecule has 7 nitrogen and oxygen atoms in total.